The van der Waals surface area contributed by atoms with Crippen molar-refractivity contribution in [2.45, 2.75) is 0 Å². The van der Waals surface area contributed by atoms with Gasteiger partial charge in [-0.1, -0.05) is 0 Å². The van der Waals surface area contributed by atoms with Gasteiger partial charge in [0.05, 0.1) is 5.56 Å². The first-order valence-corrected chi connectivity index (χ1v) is 6.52. The summed E-state index contributed by atoms with van der Waals surface area (Å²) in [5, 5.41) is 2.51. The van der Waals surface area contributed by atoms with Gasteiger partial charge in [0.1, 0.15) is 0 Å². The Morgan fingerprint density at radius 2 is 1.95 bits per heavy atom. The standard InChI is InChI=1S/C14H17N3O4/c1-16(2)11-5-3-10(4-6-11)13(19)21-9-12(18)17-8-7-15-14(17)20/h3-6H,7-9H2,1-2H3,(H,15,20). The molecule has 1 aliphatic heterocycles. The molecule has 7 nitrogen and oxygen atoms in total. The molecule has 7 heteroatoms. The molecule has 21 heavy (non-hydrogen) atoms. The van der Waals surface area contributed by atoms with Gasteiger partial charge in [0.2, 0.25) is 0 Å². The van der Waals surface area contributed by atoms with Crippen LogP contribution in [0.1, 0.15) is 10.4 Å². The molecule has 112 valence electrons. The van der Waals surface area contributed by atoms with E-state index in [2.05, 4.69) is 5.32 Å². The van der Waals surface area contributed by atoms with Gasteiger partial charge in [0.15, 0.2) is 6.61 Å². The monoisotopic (exact) mass is 291 g/mol. The van der Waals surface area contributed by atoms with E-state index in [1.807, 2.05) is 19.0 Å². The zero-order valence-corrected chi connectivity index (χ0v) is 12.0. The first-order chi connectivity index (χ1) is 9.99. The molecule has 0 aliphatic carbocycles. The Morgan fingerprint density at radius 3 is 2.48 bits per heavy atom. The molecule has 3 amide bonds. The van der Waals surface area contributed by atoms with Crippen LogP contribution in [0.5, 0.6) is 0 Å². The third-order valence-corrected chi connectivity index (χ3v) is 3.10. The number of rotatable bonds is 4. The van der Waals surface area contributed by atoms with Gasteiger partial charge in [-0.15, -0.1) is 0 Å². The number of nitrogens with zero attached hydrogens (tertiary/aromatic N) is 2. The van der Waals surface area contributed by atoms with Crippen LogP contribution < -0.4 is 10.2 Å². The van der Waals surface area contributed by atoms with Gasteiger partial charge in [0, 0.05) is 32.9 Å². The van der Waals surface area contributed by atoms with Crippen molar-refractivity contribution in [2.24, 2.45) is 0 Å². The lowest BCUT2D eigenvalue weighted by molar-refractivity contribution is -0.130. The van der Waals surface area contributed by atoms with Crippen LogP contribution >= 0.6 is 0 Å². The molecule has 0 radical (unpaired) electrons. The lowest BCUT2D eigenvalue weighted by Gasteiger charge is -2.13. The summed E-state index contributed by atoms with van der Waals surface area (Å²) in [4.78, 5) is 37.8. The molecule has 0 unspecified atom stereocenters. The maximum Gasteiger partial charge on any atom is 0.338 e. The zero-order chi connectivity index (χ0) is 15.4. The number of urea groups is 1. The van der Waals surface area contributed by atoms with Crippen molar-refractivity contribution in [1.82, 2.24) is 10.2 Å². The van der Waals surface area contributed by atoms with Crippen molar-refractivity contribution in [3.05, 3.63) is 29.8 Å². The first-order valence-electron chi connectivity index (χ1n) is 6.52. The second-order valence-corrected chi connectivity index (χ2v) is 4.79. The summed E-state index contributed by atoms with van der Waals surface area (Å²) in [7, 11) is 3.79. The summed E-state index contributed by atoms with van der Waals surface area (Å²) in [6.07, 6.45) is 0. The van der Waals surface area contributed by atoms with Crippen LogP contribution in [-0.2, 0) is 9.53 Å². The quantitative estimate of drug-likeness (QED) is 0.815. The fraction of sp³-hybridized carbons (Fsp3) is 0.357. The Bertz CT molecular complexity index is 554. The van der Waals surface area contributed by atoms with E-state index in [4.69, 9.17) is 4.74 Å². The number of esters is 1. The van der Waals surface area contributed by atoms with Crippen molar-refractivity contribution < 1.29 is 19.1 Å². The minimum atomic E-state index is -0.590. The van der Waals surface area contributed by atoms with Crippen LogP contribution in [0.4, 0.5) is 10.5 Å². The minimum Gasteiger partial charge on any atom is -0.452 e. The molecule has 1 aromatic rings. The van der Waals surface area contributed by atoms with Crippen LogP contribution in [-0.4, -0.2) is 56.6 Å². The SMILES string of the molecule is CN(C)c1ccc(C(=O)OCC(=O)N2CCNC2=O)cc1. The molecule has 1 aromatic carbocycles. The number of ether oxygens (including phenoxy) is 1. The van der Waals surface area contributed by atoms with E-state index in [-0.39, 0.29) is 0 Å². The summed E-state index contributed by atoms with van der Waals surface area (Å²) >= 11 is 0. The molecule has 1 heterocycles. The van der Waals surface area contributed by atoms with Crippen LogP contribution in [0.3, 0.4) is 0 Å². The molecular formula is C14H17N3O4. The Balaban J connectivity index is 1.89. The van der Waals surface area contributed by atoms with Gasteiger partial charge in [0.25, 0.3) is 5.91 Å². The lowest BCUT2D eigenvalue weighted by Crippen LogP contribution is -2.37. The molecule has 0 aromatic heterocycles. The number of carbonyl (C=O) groups is 3. The number of hydrogen-bond acceptors (Lipinski definition) is 5. The molecule has 1 saturated heterocycles. The summed E-state index contributed by atoms with van der Waals surface area (Å²) in [5.74, 6) is -1.11. The van der Waals surface area contributed by atoms with E-state index in [1.165, 1.54) is 0 Å². The summed E-state index contributed by atoms with van der Waals surface area (Å²) in [5.41, 5.74) is 1.32. The molecule has 1 fully saturated rings. The van der Waals surface area contributed by atoms with E-state index in [0.29, 0.717) is 18.7 Å². The third-order valence-electron chi connectivity index (χ3n) is 3.10. The van der Waals surface area contributed by atoms with Crippen molar-refractivity contribution in [2.75, 3.05) is 38.7 Å². The average Bonchev–Trinajstić information content (AvgIpc) is 2.90. The molecule has 0 spiro atoms. The summed E-state index contributed by atoms with van der Waals surface area (Å²) < 4.78 is 4.93. The van der Waals surface area contributed by atoms with E-state index >= 15 is 0 Å². The number of benzene rings is 1. The number of amides is 3. The molecule has 1 aliphatic rings. The van der Waals surface area contributed by atoms with Gasteiger partial charge >= 0.3 is 12.0 Å². The van der Waals surface area contributed by atoms with Crippen molar-refractivity contribution in [1.29, 1.82) is 0 Å². The predicted octanol–water partition coefficient (Wildman–Crippen LogP) is 0.461. The van der Waals surface area contributed by atoms with Crippen LogP contribution in [0.25, 0.3) is 0 Å². The van der Waals surface area contributed by atoms with Gasteiger partial charge in [-0.25, -0.2) is 9.59 Å². The topological polar surface area (TPSA) is 79.0 Å². The van der Waals surface area contributed by atoms with Crippen molar-refractivity contribution in [3.63, 3.8) is 0 Å². The van der Waals surface area contributed by atoms with Gasteiger partial charge < -0.3 is 15.0 Å². The fourth-order valence-corrected chi connectivity index (χ4v) is 1.89. The van der Waals surface area contributed by atoms with E-state index in [0.717, 1.165) is 10.6 Å². The van der Waals surface area contributed by atoms with Crippen molar-refractivity contribution in [3.8, 4) is 0 Å². The highest BCUT2D eigenvalue weighted by molar-refractivity contribution is 5.98. The zero-order valence-electron chi connectivity index (χ0n) is 12.0. The maximum atomic E-state index is 11.8. The lowest BCUT2D eigenvalue weighted by atomic mass is 10.2. The molecule has 0 saturated carbocycles. The normalized spacial score (nSPS) is 13.8. The van der Waals surface area contributed by atoms with Crippen LogP contribution in [0, 0.1) is 0 Å². The molecule has 2 rings (SSSR count). The Labute approximate surface area is 122 Å². The predicted molar refractivity (Wildman–Crippen MR) is 76.2 cm³/mol. The maximum absolute atomic E-state index is 11.8. The van der Waals surface area contributed by atoms with Gasteiger partial charge in [-0.2, -0.15) is 0 Å². The summed E-state index contributed by atoms with van der Waals surface area (Å²) in [6, 6.07) is 6.38. The summed E-state index contributed by atoms with van der Waals surface area (Å²) in [6.45, 7) is 0.277. The Morgan fingerprint density at radius 1 is 1.29 bits per heavy atom. The molecule has 1 N–H and O–H groups in total. The highest BCUT2D eigenvalue weighted by Gasteiger charge is 2.26. The van der Waals surface area contributed by atoms with Gasteiger partial charge in [-0.3, -0.25) is 9.69 Å². The first kappa shape index (κ1) is 14.8. The highest BCUT2D eigenvalue weighted by atomic mass is 16.5. The molecule has 0 atom stereocenters. The second kappa shape index (κ2) is 6.25. The van der Waals surface area contributed by atoms with Gasteiger partial charge in [-0.05, 0) is 24.3 Å². The van der Waals surface area contributed by atoms with E-state index in [9.17, 15) is 14.4 Å². The third kappa shape index (κ3) is 3.50. The van der Waals surface area contributed by atoms with Crippen LogP contribution in [0.15, 0.2) is 24.3 Å². The number of imide groups is 1. The average molecular weight is 291 g/mol. The minimum absolute atomic E-state index is 0.298. The Kier molecular flexibility index (Phi) is 4.42. The van der Waals surface area contributed by atoms with E-state index in [1.54, 1.807) is 24.3 Å². The number of anilines is 1. The smallest absolute Gasteiger partial charge is 0.338 e. The molecule has 0 bridgehead atoms. The number of hydrogen-bond donors (Lipinski definition) is 1. The Hall–Kier alpha value is -2.57. The number of nitrogens with one attached hydrogen (secondary N) is 1. The molecular weight excluding hydrogens is 274 g/mol. The second-order valence-electron chi connectivity index (χ2n) is 4.79. The number of carbonyl (C=O) groups excluding carboxylic acids is 3. The van der Waals surface area contributed by atoms with Crippen LogP contribution in [0.2, 0.25) is 0 Å². The highest BCUT2D eigenvalue weighted by Crippen LogP contribution is 2.13. The van der Waals surface area contributed by atoms with Crippen molar-refractivity contribution >= 4 is 23.6 Å². The van der Waals surface area contributed by atoms with E-state index < -0.39 is 24.5 Å². The largest absolute Gasteiger partial charge is 0.452 e. The fourth-order valence-electron chi connectivity index (χ4n) is 1.89.